The van der Waals surface area contributed by atoms with Crippen LogP contribution < -0.4 is 5.32 Å². The van der Waals surface area contributed by atoms with Crippen LogP contribution in [0.4, 0.5) is 0 Å². The average Bonchev–Trinajstić information content (AvgIpc) is 2.68. The number of hydrogen-bond acceptors (Lipinski definition) is 5. The summed E-state index contributed by atoms with van der Waals surface area (Å²) >= 11 is 0. The average molecular weight is 266 g/mol. The molecular formula is C13H22N4O2. The lowest BCUT2D eigenvalue weighted by molar-refractivity contribution is -0.126. The summed E-state index contributed by atoms with van der Waals surface area (Å²) in [7, 11) is 0. The summed E-state index contributed by atoms with van der Waals surface area (Å²) in [6, 6.07) is -0.0849. The number of nitrogens with zero attached hydrogens (tertiary/aromatic N) is 3. The highest BCUT2D eigenvalue weighted by Crippen LogP contribution is 2.12. The number of carbonyl (C=O) groups excluding carboxylic acids is 1. The van der Waals surface area contributed by atoms with Crippen molar-refractivity contribution in [2.24, 2.45) is 0 Å². The number of rotatable bonds is 4. The topological polar surface area (TPSA) is 71.3 Å². The van der Waals surface area contributed by atoms with Crippen LogP contribution in [0.25, 0.3) is 0 Å². The Morgan fingerprint density at radius 2 is 2.00 bits per heavy atom. The number of amides is 1. The lowest BCUT2D eigenvalue weighted by Gasteiger charge is -2.26. The summed E-state index contributed by atoms with van der Waals surface area (Å²) < 4.78 is 4.61. The van der Waals surface area contributed by atoms with Gasteiger partial charge in [-0.2, -0.15) is 0 Å². The van der Waals surface area contributed by atoms with Gasteiger partial charge in [-0.25, -0.2) is 4.63 Å². The molecule has 106 valence electrons. The van der Waals surface area contributed by atoms with E-state index in [-0.39, 0.29) is 11.9 Å². The van der Waals surface area contributed by atoms with Crippen molar-refractivity contribution in [1.82, 2.24) is 20.5 Å². The van der Waals surface area contributed by atoms with E-state index in [9.17, 15) is 4.79 Å². The lowest BCUT2D eigenvalue weighted by Crippen LogP contribution is -2.45. The Bertz CT molecular complexity index is 411. The van der Waals surface area contributed by atoms with E-state index in [0.29, 0.717) is 12.2 Å². The zero-order chi connectivity index (χ0) is 13.7. The van der Waals surface area contributed by atoms with E-state index in [4.69, 9.17) is 0 Å². The van der Waals surface area contributed by atoms with Crippen LogP contribution in [-0.4, -0.2) is 40.3 Å². The molecule has 1 saturated heterocycles. The number of likely N-dealkylation sites (tertiary alicyclic amines) is 1. The smallest absolute Gasteiger partial charge is 0.237 e. The molecule has 1 fully saturated rings. The van der Waals surface area contributed by atoms with Gasteiger partial charge >= 0.3 is 0 Å². The van der Waals surface area contributed by atoms with Gasteiger partial charge in [0.15, 0.2) is 0 Å². The van der Waals surface area contributed by atoms with Crippen molar-refractivity contribution in [2.45, 2.75) is 52.1 Å². The van der Waals surface area contributed by atoms with Gasteiger partial charge in [0, 0.05) is 0 Å². The fourth-order valence-electron chi connectivity index (χ4n) is 2.38. The van der Waals surface area contributed by atoms with Gasteiger partial charge in [-0.1, -0.05) is 23.2 Å². The maximum Gasteiger partial charge on any atom is 0.237 e. The van der Waals surface area contributed by atoms with Crippen molar-refractivity contribution < 1.29 is 9.42 Å². The Balaban J connectivity index is 1.83. The summed E-state index contributed by atoms with van der Waals surface area (Å²) in [5.74, 6) is 0.0456. The first-order chi connectivity index (χ1) is 9.18. The first-order valence-electron chi connectivity index (χ1n) is 6.98. The van der Waals surface area contributed by atoms with Crippen molar-refractivity contribution in [1.29, 1.82) is 0 Å². The van der Waals surface area contributed by atoms with Gasteiger partial charge < -0.3 is 5.32 Å². The molecule has 0 spiro atoms. The standard InChI is InChI=1S/C13H22N4O2/c1-10-12(16-19-15-10)9-14-13(18)11(2)17-7-5-3-4-6-8-17/h11H,3-9H2,1-2H3,(H,14,18)/t11-/m0/s1. The Kier molecular flexibility index (Phi) is 4.90. The third-order valence-electron chi connectivity index (χ3n) is 3.74. The van der Waals surface area contributed by atoms with E-state index in [2.05, 4.69) is 25.2 Å². The van der Waals surface area contributed by atoms with Crippen LogP contribution in [0.2, 0.25) is 0 Å². The van der Waals surface area contributed by atoms with Crippen LogP contribution in [-0.2, 0) is 11.3 Å². The van der Waals surface area contributed by atoms with Crippen LogP contribution in [0.1, 0.15) is 44.0 Å². The first kappa shape index (κ1) is 14.0. The van der Waals surface area contributed by atoms with Gasteiger partial charge in [0.25, 0.3) is 0 Å². The molecule has 0 aromatic carbocycles. The minimum absolute atomic E-state index is 0.0456. The minimum Gasteiger partial charge on any atom is -0.349 e. The van der Waals surface area contributed by atoms with Crippen LogP contribution in [0.5, 0.6) is 0 Å². The van der Waals surface area contributed by atoms with E-state index in [1.165, 1.54) is 25.7 Å². The SMILES string of the molecule is Cc1nonc1CNC(=O)[C@H](C)N1CCCCCC1. The molecule has 0 saturated carbocycles. The van der Waals surface area contributed by atoms with E-state index >= 15 is 0 Å². The van der Waals surface area contributed by atoms with Crippen LogP contribution >= 0.6 is 0 Å². The Morgan fingerprint density at radius 1 is 1.32 bits per heavy atom. The molecule has 0 radical (unpaired) electrons. The minimum atomic E-state index is -0.0849. The van der Waals surface area contributed by atoms with Crippen LogP contribution in [0.3, 0.4) is 0 Å². The molecule has 19 heavy (non-hydrogen) atoms. The van der Waals surface area contributed by atoms with E-state index in [1.54, 1.807) is 0 Å². The molecule has 0 unspecified atom stereocenters. The molecule has 1 atom stereocenters. The Labute approximate surface area is 113 Å². The van der Waals surface area contributed by atoms with Gasteiger partial charge in [0.2, 0.25) is 5.91 Å². The van der Waals surface area contributed by atoms with E-state index < -0.39 is 0 Å². The van der Waals surface area contributed by atoms with Crippen molar-refractivity contribution in [3.8, 4) is 0 Å². The molecule has 1 aromatic rings. The third-order valence-corrected chi connectivity index (χ3v) is 3.74. The van der Waals surface area contributed by atoms with Gasteiger partial charge in [0.05, 0.1) is 12.6 Å². The summed E-state index contributed by atoms with van der Waals surface area (Å²) in [6.45, 7) is 6.19. The van der Waals surface area contributed by atoms with Crippen molar-refractivity contribution >= 4 is 5.91 Å². The van der Waals surface area contributed by atoms with Crippen molar-refractivity contribution in [2.75, 3.05) is 13.1 Å². The fraction of sp³-hybridized carbons (Fsp3) is 0.769. The predicted molar refractivity (Wildman–Crippen MR) is 70.4 cm³/mol. The van der Waals surface area contributed by atoms with Crippen molar-refractivity contribution in [3.63, 3.8) is 0 Å². The molecule has 1 N–H and O–H groups in total. The highest BCUT2D eigenvalue weighted by atomic mass is 16.6. The van der Waals surface area contributed by atoms with Gasteiger partial charge in [0.1, 0.15) is 11.4 Å². The zero-order valence-corrected chi connectivity index (χ0v) is 11.7. The molecule has 0 bridgehead atoms. The molecular weight excluding hydrogens is 244 g/mol. The molecule has 6 heteroatoms. The Morgan fingerprint density at radius 3 is 2.58 bits per heavy atom. The Hall–Kier alpha value is -1.43. The van der Waals surface area contributed by atoms with Crippen molar-refractivity contribution in [3.05, 3.63) is 11.4 Å². The van der Waals surface area contributed by atoms with Gasteiger partial charge in [-0.3, -0.25) is 9.69 Å². The second-order valence-electron chi connectivity index (χ2n) is 5.14. The highest BCUT2D eigenvalue weighted by molar-refractivity contribution is 5.81. The monoisotopic (exact) mass is 266 g/mol. The molecule has 6 nitrogen and oxygen atoms in total. The van der Waals surface area contributed by atoms with Gasteiger partial charge in [-0.15, -0.1) is 0 Å². The largest absolute Gasteiger partial charge is 0.349 e. The number of nitrogens with one attached hydrogen (secondary N) is 1. The van der Waals surface area contributed by atoms with E-state index in [1.807, 2.05) is 13.8 Å². The maximum atomic E-state index is 12.1. The second kappa shape index (κ2) is 6.65. The quantitative estimate of drug-likeness (QED) is 0.888. The molecule has 0 aliphatic carbocycles. The summed E-state index contributed by atoms with van der Waals surface area (Å²) in [5.41, 5.74) is 1.42. The zero-order valence-electron chi connectivity index (χ0n) is 11.7. The molecule has 1 aromatic heterocycles. The maximum absolute atomic E-state index is 12.1. The van der Waals surface area contributed by atoms with Crippen LogP contribution in [0.15, 0.2) is 4.63 Å². The molecule has 1 aliphatic rings. The molecule has 1 aliphatic heterocycles. The number of aromatic nitrogens is 2. The lowest BCUT2D eigenvalue weighted by atomic mass is 10.2. The summed E-state index contributed by atoms with van der Waals surface area (Å²) in [6.07, 6.45) is 4.91. The highest BCUT2D eigenvalue weighted by Gasteiger charge is 2.22. The first-order valence-corrected chi connectivity index (χ1v) is 6.98. The third kappa shape index (κ3) is 3.76. The molecule has 1 amide bonds. The van der Waals surface area contributed by atoms with Crippen LogP contribution in [0, 0.1) is 6.92 Å². The van der Waals surface area contributed by atoms with Gasteiger partial charge in [-0.05, 0) is 39.8 Å². The predicted octanol–water partition coefficient (Wildman–Crippen LogP) is 1.26. The number of carbonyl (C=O) groups is 1. The summed E-state index contributed by atoms with van der Waals surface area (Å²) in [5, 5.41) is 10.4. The number of aryl methyl sites for hydroxylation is 1. The molecule has 2 rings (SSSR count). The second-order valence-corrected chi connectivity index (χ2v) is 5.14. The number of hydrogen-bond donors (Lipinski definition) is 1. The van der Waals surface area contributed by atoms with E-state index in [0.717, 1.165) is 18.8 Å². The molecule has 2 heterocycles. The fourth-order valence-corrected chi connectivity index (χ4v) is 2.38. The summed E-state index contributed by atoms with van der Waals surface area (Å²) in [4.78, 5) is 14.4. The normalized spacial score (nSPS) is 18.8.